The highest BCUT2D eigenvalue weighted by atomic mass is 16.2. The largest absolute Gasteiger partial charge is 0.351 e. The summed E-state index contributed by atoms with van der Waals surface area (Å²) in [5, 5.41) is 2.38. The van der Waals surface area contributed by atoms with Crippen LogP contribution in [0.2, 0.25) is 0 Å². The lowest BCUT2D eigenvalue weighted by Crippen LogP contribution is -2.39. The van der Waals surface area contributed by atoms with E-state index >= 15 is 0 Å². The molecule has 6 nitrogen and oxygen atoms in total. The number of hydrogen-bond acceptors (Lipinski definition) is 3. The average Bonchev–Trinajstić information content (AvgIpc) is 2.20. The number of amides is 4. The normalized spacial score (nSPS) is 9.31. The highest BCUT2D eigenvalue weighted by molar-refractivity contribution is 6.15. The molecule has 1 aromatic carbocycles. The fourth-order valence-electron chi connectivity index (χ4n) is 1.30. The van der Waals surface area contributed by atoms with Crippen LogP contribution in [0.1, 0.15) is 6.92 Å². The van der Waals surface area contributed by atoms with Crippen molar-refractivity contribution in [1.82, 2.24) is 0 Å². The second-order valence-electron chi connectivity index (χ2n) is 2.97. The molecule has 0 atom stereocenters. The molecule has 0 saturated carbocycles. The first-order valence-corrected chi connectivity index (χ1v) is 4.47. The van der Waals surface area contributed by atoms with Crippen molar-refractivity contribution < 1.29 is 14.4 Å². The second-order valence-corrected chi connectivity index (χ2v) is 2.97. The summed E-state index contributed by atoms with van der Waals surface area (Å²) in [6.45, 7) is 1.21. The number of para-hydroxylation sites is 2. The monoisotopic (exact) mass is 221 g/mol. The van der Waals surface area contributed by atoms with Crippen molar-refractivity contribution in [2.24, 2.45) is 5.73 Å². The molecule has 3 N–H and O–H groups in total. The lowest BCUT2D eigenvalue weighted by Gasteiger charge is -2.19. The molecule has 84 valence electrons. The number of nitrogens with two attached hydrogens (primary N) is 1. The molecule has 1 rings (SSSR count). The number of benzene rings is 1. The van der Waals surface area contributed by atoms with E-state index in [1.54, 1.807) is 18.2 Å². The third-order valence-corrected chi connectivity index (χ3v) is 1.89. The van der Waals surface area contributed by atoms with E-state index in [1.807, 2.05) is 0 Å². The summed E-state index contributed by atoms with van der Waals surface area (Å²) in [7, 11) is 0. The Labute approximate surface area is 92.0 Å². The van der Waals surface area contributed by atoms with E-state index in [0.717, 1.165) is 4.90 Å². The lowest BCUT2D eigenvalue weighted by atomic mass is 10.2. The minimum atomic E-state index is -0.896. The number of rotatable bonds is 3. The van der Waals surface area contributed by atoms with Crippen molar-refractivity contribution in [2.75, 3.05) is 10.2 Å². The van der Waals surface area contributed by atoms with Crippen LogP contribution in [0.4, 0.5) is 16.2 Å². The number of carbonyl (C=O) groups excluding carboxylic acids is 3. The Hall–Kier alpha value is -2.37. The number of anilines is 2. The first-order chi connectivity index (χ1) is 7.57. The Morgan fingerprint density at radius 3 is 2.50 bits per heavy atom. The molecule has 0 spiro atoms. The van der Waals surface area contributed by atoms with E-state index in [2.05, 4.69) is 5.32 Å². The summed E-state index contributed by atoms with van der Waals surface area (Å²) in [5.41, 5.74) is 5.67. The van der Waals surface area contributed by atoms with E-state index in [4.69, 9.17) is 5.73 Å². The summed E-state index contributed by atoms with van der Waals surface area (Å²) in [5.74, 6) is -0.521. The number of hydrogen-bond donors (Lipinski definition) is 2. The number of urea groups is 1. The van der Waals surface area contributed by atoms with Crippen molar-refractivity contribution in [1.29, 1.82) is 0 Å². The van der Waals surface area contributed by atoms with Crippen molar-refractivity contribution >= 4 is 29.7 Å². The molecule has 0 unspecified atom stereocenters. The Morgan fingerprint density at radius 2 is 2.00 bits per heavy atom. The highest BCUT2D eigenvalue weighted by Gasteiger charge is 2.19. The van der Waals surface area contributed by atoms with Gasteiger partial charge in [-0.3, -0.25) is 9.59 Å². The number of primary amides is 1. The van der Waals surface area contributed by atoms with Gasteiger partial charge in [-0.25, -0.2) is 9.69 Å². The van der Waals surface area contributed by atoms with Crippen LogP contribution in [0.15, 0.2) is 24.3 Å². The van der Waals surface area contributed by atoms with Crippen molar-refractivity contribution in [2.45, 2.75) is 6.92 Å². The molecule has 0 aliphatic heterocycles. The fourth-order valence-corrected chi connectivity index (χ4v) is 1.30. The zero-order valence-electron chi connectivity index (χ0n) is 8.64. The molecule has 0 aliphatic carbocycles. The zero-order valence-corrected chi connectivity index (χ0v) is 8.64. The van der Waals surface area contributed by atoms with Crippen molar-refractivity contribution in [3.63, 3.8) is 0 Å². The van der Waals surface area contributed by atoms with Crippen LogP contribution in [0.25, 0.3) is 0 Å². The molecule has 0 saturated heterocycles. The molecule has 0 aromatic heterocycles. The van der Waals surface area contributed by atoms with E-state index in [-0.39, 0.29) is 5.69 Å². The van der Waals surface area contributed by atoms with Gasteiger partial charge < -0.3 is 11.1 Å². The number of nitrogens with zero attached hydrogens (tertiary/aromatic N) is 1. The Kier molecular flexibility index (Phi) is 3.60. The standard InChI is InChI=1S/C10H11N3O3/c1-7(15)13(10(11)16)9-5-3-2-4-8(9)12-6-14/h2-6H,1H3,(H2,11,16)(H,12,14). The molecule has 1 aromatic rings. The summed E-state index contributed by atoms with van der Waals surface area (Å²) in [6.07, 6.45) is 0.456. The number of carbonyl (C=O) groups is 3. The maximum absolute atomic E-state index is 11.3. The van der Waals surface area contributed by atoms with Crippen LogP contribution < -0.4 is 16.0 Å². The molecule has 0 fully saturated rings. The fraction of sp³-hybridized carbons (Fsp3) is 0.100. The van der Waals surface area contributed by atoms with Gasteiger partial charge in [0.25, 0.3) is 0 Å². The topological polar surface area (TPSA) is 92.5 Å². The van der Waals surface area contributed by atoms with E-state index < -0.39 is 11.9 Å². The summed E-state index contributed by atoms with van der Waals surface area (Å²) < 4.78 is 0. The smallest absolute Gasteiger partial charge is 0.326 e. The van der Waals surface area contributed by atoms with Gasteiger partial charge in [0, 0.05) is 6.92 Å². The molecule has 16 heavy (non-hydrogen) atoms. The van der Waals surface area contributed by atoms with Crippen LogP contribution in [0.3, 0.4) is 0 Å². The number of nitrogens with one attached hydrogen (secondary N) is 1. The lowest BCUT2D eigenvalue weighted by molar-refractivity contribution is -0.115. The SMILES string of the molecule is CC(=O)N(C(N)=O)c1ccccc1NC=O. The predicted molar refractivity (Wildman–Crippen MR) is 58.9 cm³/mol. The van der Waals surface area contributed by atoms with Gasteiger partial charge in [-0.05, 0) is 12.1 Å². The van der Waals surface area contributed by atoms with Crippen LogP contribution in [0, 0.1) is 0 Å². The Balaban J connectivity index is 3.22. The predicted octanol–water partition coefficient (Wildman–Crippen LogP) is 0.687. The highest BCUT2D eigenvalue weighted by Crippen LogP contribution is 2.24. The molecule has 0 heterocycles. The van der Waals surface area contributed by atoms with Crippen LogP contribution in [0.5, 0.6) is 0 Å². The van der Waals surface area contributed by atoms with Crippen molar-refractivity contribution in [3.05, 3.63) is 24.3 Å². The molecular weight excluding hydrogens is 210 g/mol. The molecule has 6 heteroatoms. The first-order valence-electron chi connectivity index (χ1n) is 4.47. The van der Waals surface area contributed by atoms with Gasteiger partial charge >= 0.3 is 6.03 Å². The minimum Gasteiger partial charge on any atom is -0.351 e. The molecule has 4 amide bonds. The van der Waals surface area contributed by atoms with Gasteiger partial charge in [-0.15, -0.1) is 0 Å². The Morgan fingerprint density at radius 1 is 1.38 bits per heavy atom. The van der Waals surface area contributed by atoms with E-state index in [0.29, 0.717) is 12.1 Å². The summed E-state index contributed by atoms with van der Waals surface area (Å²) >= 11 is 0. The number of imide groups is 1. The second kappa shape index (κ2) is 4.92. The Bertz CT molecular complexity index is 417. The van der Waals surface area contributed by atoms with Gasteiger partial charge in [0.1, 0.15) is 0 Å². The van der Waals surface area contributed by atoms with Crippen LogP contribution in [-0.4, -0.2) is 18.3 Å². The maximum atomic E-state index is 11.3. The van der Waals surface area contributed by atoms with Crippen molar-refractivity contribution in [3.8, 4) is 0 Å². The third kappa shape index (κ3) is 2.35. The molecular formula is C10H11N3O3. The van der Waals surface area contributed by atoms with Gasteiger partial charge in [-0.2, -0.15) is 0 Å². The van der Waals surface area contributed by atoms with E-state index in [1.165, 1.54) is 13.0 Å². The van der Waals surface area contributed by atoms with E-state index in [9.17, 15) is 14.4 Å². The minimum absolute atomic E-state index is 0.245. The summed E-state index contributed by atoms with van der Waals surface area (Å²) in [6, 6.07) is 5.46. The quantitative estimate of drug-likeness (QED) is 0.735. The third-order valence-electron chi connectivity index (χ3n) is 1.89. The van der Waals surface area contributed by atoms with Gasteiger partial charge in [-0.1, -0.05) is 12.1 Å². The maximum Gasteiger partial charge on any atom is 0.326 e. The van der Waals surface area contributed by atoms with Crippen LogP contribution >= 0.6 is 0 Å². The van der Waals surface area contributed by atoms with Gasteiger partial charge in [0.2, 0.25) is 12.3 Å². The average molecular weight is 221 g/mol. The van der Waals surface area contributed by atoms with Gasteiger partial charge in [0.15, 0.2) is 0 Å². The summed E-state index contributed by atoms with van der Waals surface area (Å²) in [4.78, 5) is 33.5. The zero-order chi connectivity index (χ0) is 12.1. The molecule has 0 bridgehead atoms. The van der Waals surface area contributed by atoms with Gasteiger partial charge in [0.05, 0.1) is 11.4 Å². The van der Waals surface area contributed by atoms with Crippen LogP contribution in [-0.2, 0) is 9.59 Å². The first kappa shape index (κ1) is 11.7. The molecule has 0 radical (unpaired) electrons. The molecule has 0 aliphatic rings.